The van der Waals surface area contributed by atoms with Crippen LogP contribution < -0.4 is 10.0 Å². The van der Waals surface area contributed by atoms with Gasteiger partial charge in [-0.3, -0.25) is 0 Å². The molecule has 0 saturated carbocycles. The number of hydrogen-bond donors (Lipinski definition) is 2. The highest BCUT2D eigenvalue weighted by molar-refractivity contribution is 7.89. The van der Waals surface area contributed by atoms with Gasteiger partial charge in [-0.2, -0.15) is 0 Å². The van der Waals surface area contributed by atoms with Gasteiger partial charge in [0.25, 0.3) is 0 Å². The van der Waals surface area contributed by atoms with E-state index in [9.17, 15) is 8.42 Å². The van der Waals surface area contributed by atoms with Gasteiger partial charge in [0.15, 0.2) is 0 Å². The van der Waals surface area contributed by atoms with Gasteiger partial charge in [0.2, 0.25) is 10.0 Å². The lowest BCUT2D eigenvalue weighted by atomic mass is 10.4. The van der Waals surface area contributed by atoms with E-state index < -0.39 is 10.0 Å². The van der Waals surface area contributed by atoms with Crippen molar-refractivity contribution < 1.29 is 8.42 Å². The fraction of sp³-hybridized carbons (Fsp3) is 0.500. The number of aryl methyl sites for hydroxylation is 2. The first-order valence-electron chi connectivity index (χ1n) is 6.58. The number of sulfonamides is 1. The molecule has 2 rings (SSSR count). The van der Waals surface area contributed by atoms with Gasteiger partial charge in [0.1, 0.15) is 12.2 Å². The zero-order valence-corrected chi connectivity index (χ0v) is 13.9. The number of nitrogens with one attached hydrogen (secondary N) is 2. The molecule has 0 saturated heterocycles. The number of rotatable bonds is 7. The second-order valence-corrected chi connectivity index (χ2v) is 7.60. The molecule has 2 heterocycles. The molecule has 0 atom stereocenters. The molecule has 21 heavy (non-hydrogen) atoms. The Balaban J connectivity index is 2.15. The highest BCUT2D eigenvalue weighted by Crippen LogP contribution is 2.25. The summed E-state index contributed by atoms with van der Waals surface area (Å²) in [5.41, 5.74) is 0. The van der Waals surface area contributed by atoms with Gasteiger partial charge in [0.05, 0.1) is 11.4 Å². The van der Waals surface area contributed by atoms with Gasteiger partial charge in [-0.15, -0.1) is 21.5 Å². The van der Waals surface area contributed by atoms with Gasteiger partial charge in [-0.25, -0.2) is 13.1 Å². The van der Waals surface area contributed by atoms with Crippen LogP contribution in [0.2, 0.25) is 0 Å². The van der Waals surface area contributed by atoms with Crippen LogP contribution in [0, 0.1) is 6.92 Å². The summed E-state index contributed by atoms with van der Waals surface area (Å²) in [5.74, 6) is 0.601. The summed E-state index contributed by atoms with van der Waals surface area (Å²) in [6.07, 6.45) is 1.59. The maximum atomic E-state index is 12.4. The third-order valence-electron chi connectivity index (χ3n) is 3.02. The van der Waals surface area contributed by atoms with Crippen molar-refractivity contribution in [3.63, 3.8) is 0 Å². The molecule has 7 nitrogen and oxygen atoms in total. The van der Waals surface area contributed by atoms with E-state index in [1.165, 1.54) is 11.3 Å². The Hall–Kier alpha value is -1.29. The highest BCUT2D eigenvalue weighted by atomic mass is 32.2. The summed E-state index contributed by atoms with van der Waals surface area (Å²) in [4.78, 5) is 2.11. The van der Waals surface area contributed by atoms with Crippen molar-refractivity contribution in [3.05, 3.63) is 28.0 Å². The Morgan fingerprint density at radius 3 is 2.81 bits per heavy atom. The quantitative estimate of drug-likeness (QED) is 0.787. The topological polar surface area (TPSA) is 88.9 Å². The standard InChI is InChI=1S/C12H19N5O2S2/c1-4-17-8-14-16-12(17)7-15-21(18,19)11-5-10(6-13-3)20-9(11)2/h5,8,13,15H,4,6-7H2,1-3H3. The molecule has 116 valence electrons. The van der Waals surface area contributed by atoms with Crippen molar-refractivity contribution in [3.8, 4) is 0 Å². The predicted octanol–water partition coefficient (Wildman–Crippen LogP) is 0.866. The van der Waals surface area contributed by atoms with Crippen LogP contribution in [0.4, 0.5) is 0 Å². The third-order valence-corrected chi connectivity index (χ3v) is 5.73. The van der Waals surface area contributed by atoms with Crippen LogP contribution in [0.3, 0.4) is 0 Å². The van der Waals surface area contributed by atoms with Crippen molar-refractivity contribution >= 4 is 21.4 Å². The minimum atomic E-state index is -3.54. The lowest BCUT2D eigenvalue weighted by Crippen LogP contribution is -2.25. The van der Waals surface area contributed by atoms with Crippen LogP contribution in [-0.2, 0) is 29.7 Å². The summed E-state index contributed by atoms with van der Waals surface area (Å²) in [7, 11) is -1.71. The average Bonchev–Trinajstić information content (AvgIpc) is 3.03. The number of thiophene rings is 1. The summed E-state index contributed by atoms with van der Waals surface area (Å²) >= 11 is 1.48. The van der Waals surface area contributed by atoms with Gasteiger partial charge in [-0.1, -0.05) is 0 Å². The molecule has 0 aromatic carbocycles. The summed E-state index contributed by atoms with van der Waals surface area (Å²) < 4.78 is 29.2. The molecule has 0 fully saturated rings. The minimum absolute atomic E-state index is 0.132. The number of nitrogens with zero attached hydrogens (tertiary/aromatic N) is 3. The Bertz CT molecular complexity index is 705. The summed E-state index contributed by atoms with van der Waals surface area (Å²) in [6, 6.07) is 1.71. The molecule has 0 spiro atoms. The average molecular weight is 329 g/mol. The van der Waals surface area contributed by atoms with Crippen LogP contribution in [0.5, 0.6) is 0 Å². The molecule has 0 aliphatic carbocycles. The van der Waals surface area contributed by atoms with Gasteiger partial charge in [-0.05, 0) is 27.0 Å². The first-order valence-corrected chi connectivity index (χ1v) is 8.88. The van der Waals surface area contributed by atoms with E-state index >= 15 is 0 Å². The highest BCUT2D eigenvalue weighted by Gasteiger charge is 2.20. The van der Waals surface area contributed by atoms with Gasteiger partial charge in [0, 0.05) is 22.8 Å². The third kappa shape index (κ3) is 3.67. The fourth-order valence-corrected chi connectivity index (χ4v) is 4.59. The normalized spacial score (nSPS) is 12.0. The molecule has 2 N–H and O–H groups in total. The molecule has 0 amide bonds. The molecule has 2 aromatic heterocycles. The zero-order valence-electron chi connectivity index (χ0n) is 12.3. The SMILES string of the molecule is CCn1cnnc1CNS(=O)(=O)c1cc(CNC)sc1C. The lowest BCUT2D eigenvalue weighted by molar-refractivity contribution is 0.575. The van der Waals surface area contributed by atoms with E-state index in [0.717, 1.165) is 9.75 Å². The first kappa shape index (κ1) is 16.1. The van der Waals surface area contributed by atoms with E-state index in [2.05, 4.69) is 20.2 Å². The lowest BCUT2D eigenvalue weighted by Gasteiger charge is -2.06. The minimum Gasteiger partial charge on any atom is -0.317 e. The van der Waals surface area contributed by atoms with Crippen molar-refractivity contribution in [2.45, 2.75) is 38.4 Å². The van der Waals surface area contributed by atoms with Crippen LogP contribution >= 0.6 is 11.3 Å². The van der Waals surface area contributed by atoms with Gasteiger partial charge < -0.3 is 9.88 Å². The molecule has 0 aliphatic heterocycles. The Labute approximate surface area is 128 Å². The Morgan fingerprint density at radius 1 is 1.38 bits per heavy atom. The maximum Gasteiger partial charge on any atom is 0.242 e. The predicted molar refractivity (Wildman–Crippen MR) is 81.5 cm³/mol. The second-order valence-electron chi connectivity index (χ2n) is 4.52. The van der Waals surface area contributed by atoms with Crippen LogP contribution in [0.1, 0.15) is 22.5 Å². The second kappa shape index (κ2) is 6.65. The number of aromatic nitrogens is 3. The van der Waals surface area contributed by atoms with Crippen molar-refractivity contribution in [2.75, 3.05) is 7.05 Å². The largest absolute Gasteiger partial charge is 0.317 e. The number of hydrogen-bond acceptors (Lipinski definition) is 6. The van der Waals surface area contributed by atoms with Crippen molar-refractivity contribution in [1.29, 1.82) is 0 Å². The maximum absolute atomic E-state index is 12.4. The van der Waals surface area contributed by atoms with E-state index in [0.29, 0.717) is 23.8 Å². The molecular weight excluding hydrogens is 310 g/mol. The molecule has 9 heteroatoms. The molecule has 0 unspecified atom stereocenters. The zero-order chi connectivity index (χ0) is 15.5. The summed E-state index contributed by atoms with van der Waals surface area (Å²) in [5, 5.41) is 10.7. The Kier molecular flexibility index (Phi) is 5.09. The van der Waals surface area contributed by atoms with Crippen molar-refractivity contribution in [1.82, 2.24) is 24.8 Å². The van der Waals surface area contributed by atoms with E-state index in [1.54, 1.807) is 17.0 Å². The monoisotopic (exact) mass is 329 g/mol. The van der Waals surface area contributed by atoms with Crippen LogP contribution in [0.15, 0.2) is 17.3 Å². The van der Waals surface area contributed by atoms with Gasteiger partial charge >= 0.3 is 0 Å². The molecule has 0 bridgehead atoms. The van der Waals surface area contributed by atoms with E-state index in [-0.39, 0.29) is 6.54 Å². The summed E-state index contributed by atoms with van der Waals surface area (Å²) in [6.45, 7) is 5.26. The molecule has 0 radical (unpaired) electrons. The van der Waals surface area contributed by atoms with Crippen LogP contribution in [-0.4, -0.2) is 30.2 Å². The molecule has 2 aromatic rings. The Morgan fingerprint density at radius 2 is 2.14 bits per heavy atom. The van der Waals surface area contributed by atoms with Crippen molar-refractivity contribution in [2.24, 2.45) is 0 Å². The molecular formula is C12H19N5O2S2. The fourth-order valence-electron chi connectivity index (χ4n) is 1.97. The first-order chi connectivity index (χ1) is 9.97. The smallest absolute Gasteiger partial charge is 0.242 e. The van der Waals surface area contributed by atoms with Crippen LogP contribution in [0.25, 0.3) is 0 Å². The van der Waals surface area contributed by atoms with E-state index in [1.807, 2.05) is 20.9 Å². The molecule has 0 aliphatic rings. The van der Waals surface area contributed by atoms with E-state index in [4.69, 9.17) is 0 Å².